The molecule has 1 atom stereocenters. The fourth-order valence-corrected chi connectivity index (χ4v) is 1.66. The minimum absolute atomic E-state index is 0.0403. The van der Waals surface area contributed by atoms with Gasteiger partial charge in [0.1, 0.15) is 0 Å². The second-order valence-electron chi connectivity index (χ2n) is 3.61. The van der Waals surface area contributed by atoms with Crippen molar-refractivity contribution in [3.63, 3.8) is 0 Å². The van der Waals surface area contributed by atoms with Gasteiger partial charge in [-0.05, 0) is 6.92 Å². The molecule has 1 aromatic heterocycles. The van der Waals surface area contributed by atoms with Gasteiger partial charge < -0.3 is 10.4 Å². The number of aliphatic hydroxyl groups is 1. The number of aromatic nitrogens is 2. The number of nitrogens with one attached hydrogen (secondary N) is 1. The Morgan fingerprint density at radius 3 is 2.69 bits per heavy atom. The molecule has 2 N–H and O–H groups in total. The molecule has 16 heavy (non-hydrogen) atoms. The van der Waals surface area contributed by atoms with Crippen molar-refractivity contribution in [1.82, 2.24) is 10.2 Å². The lowest BCUT2D eigenvalue weighted by Crippen LogP contribution is -2.20. The molecule has 0 aliphatic carbocycles. The van der Waals surface area contributed by atoms with Gasteiger partial charge in [0, 0.05) is 16.8 Å². The Morgan fingerprint density at radius 2 is 2.00 bits per heavy atom. The van der Waals surface area contributed by atoms with E-state index in [1.165, 1.54) is 0 Å². The maximum atomic E-state index is 8.99. The van der Waals surface area contributed by atoms with E-state index in [4.69, 9.17) is 16.7 Å². The SMILES string of the molecule is CC(CO)Nc1nnc(Cl)c2ccccc12. The Kier molecular flexibility index (Phi) is 3.22. The van der Waals surface area contributed by atoms with Gasteiger partial charge in [0.05, 0.1) is 6.61 Å². The van der Waals surface area contributed by atoms with Gasteiger partial charge in [0.25, 0.3) is 0 Å². The zero-order valence-electron chi connectivity index (χ0n) is 8.81. The molecule has 0 aliphatic heterocycles. The summed E-state index contributed by atoms with van der Waals surface area (Å²) in [5, 5.41) is 22.1. The number of benzene rings is 1. The molecular formula is C11H12ClN3O. The average Bonchev–Trinajstić information content (AvgIpc) is 2.33. The summed E-state index contributed by atoms with van der Waals surface area (Å²) >= 11 is 5.95. The number of hydrogen-bond acceptors (Lipinski definition) is 4. The molecule has 0 saturated heterocycles. The fraction of sp³-hybridized carbons (Fsp3) is 0.273. The molecule has 0 fully saturated rings. The maximum Gasteiger partial charge on any atom is 0.159 e. The van der Waals surface area contributed by atoms with Crippen LogP contribution in [0.2, 0.25) is 5.15 Å². The van der Waals surface area contributed by atoms with Crippen LogP contribution in [-0.4, -0.2) is 28.0 Å². The van der Waals surface area contributed by atoms with E-state index in [0.29, 0.717) is 11.0 Å². The van der Waals surface area contributed by atoms with E-state index in [1.54, 1.807) is 0 Å². The lowest BCUT2D eigenvalue weighted by Gasteiger charge is -2.12. The second kappa shape index (κ2) is 4.63. The van der Waals surface area contributed by atoms with Crippen molar-refractivity contribution in [2.24, 2.45) is 0 Å². The van der Waals surface area contributed by atoms with Crippen molar-refractivity contribution < 1.29 is 5.11 Å². The minimum atomic E-state index is -0.0705. The summed E-state index contributed by atoms with van der Waals surface area (Å²) in [6.07, 6.45) is 0. The van der Waals surface area contributed by atoms with Crippen molar-refractivity contribution in [3.8, 4) is 0 Å². The first-order valence-electron chi connectivity index (χ1n) is 5.00. The molecule has 1 heterocycles. The van der Waals surface area contributed by atoms with Crippen LogP contribution in [0.5, 0.6) is 0 Å². The summed E-state index contributed by atoms with van der Waals surface area (Å²) in [6, 6.07) is 7.55. The number of halogens is 1. The summed E-state index contributed by atoms with van der Waals surface area (Å²) in [7, 11) is 0. The molecule has 0 amide bonds. The minimum Gasteiger partial charge on any atom is -0.394 e. The van der Waals surface area contributed by atoms with Crippen LogP contribution in [0.1, 0.15) is 6.92 Å². The van der Waals surface area contributed by atoms with Gasteiger partial charge in [0.2, 0.25) is 0 Å². The first kappa shape index (κ1) is 11.1. The summed E-state index contributed by atoms with van der Waals surface area (Å²) in [5.74, 6) is 0.640. The van der Waals surface area contributed by atoms with Gasteiger partial charge in [-0.25, -0.2) is 0 Å². The van der Waals surface area contributed by atoms with E-state index < -0.39 is 0 Å². The van der Waals surface area contributed by atoms with Gasteiger partial charge >= 0.3 is 0 Å². The average molecular weight is 238 g/mol. The highest BCUT2D eigenvalue weighted by Gasteiger charge is 2.08. The highest BCUT2D eigenvalue weighted by Crippen LogP contribution is 2.25. The van der Waals surface area contributed by atoms with E-state index in [-0.39, 0.29) is 12.6 Å². The standard InChI is InChI=1S/C11H12ClN3O/c1-7(6-16)13-11-9-5-3-2-4-8(9)10(12)14-15-11/h2-5,7,16H,6H2,1H3,(H,13,15). The Labute approximate surface area is 98.3 Å². The molecule has 0 radical (unpaired) electrons. The van der Waals surface area contributed by atoms with E-state index in [2.05, 4.69) is 15.5 Å². The number of fused-ring (bicyclic) bond motifs is 1. The van der Waals surface area contributed by atoms with Gasteiger partial charge in [-0.2, -0.15) is 0 Å². The van der Waals surface area contributed by atoms with Crippen molar-refractivity contribution in [3.05, 3.63) is 29.4 Å². The van der Waals surface area contributed by atoms with Crippen molar-refractivity contribution >= 4 is 28.2 Å². The van der Waals surface area contributed by atoms with Gasteiger partial charge in [0.15, 0.2) is 11.0 Å². The summed E-state index contributed by atoms with van der Waals surface area (Å²) in [6.45, 7) is 1.91. The Hall–Kier alpha value is -1.39. The number of anilines is 1. The third-order valence-corrected chi connectivity index (χ3v) is 2.58. The number of aliphatic hydroxyl groups excluding tert-OH is 1. The molecule has 0 bridgehead atoms. The van der Waals surface area contributed by atoms with E-state index in [0.717, 1.165) is 10.8 Å². The Morgan fingerprint density at radius 1 is 1.31 bits per heavy atom. The number of rotatable bonds is 3. The lowest BCUT2D eigenvalue weighted by molar-refractivity contribution is 0.281. The molecule has 0 spiro atoms. The fourth-order valence-electron chi connectivity index (χ4n) is 1.46. The number of hydrogen-bond donors (Lipinski definition) is 2. The monoisotopic (exact) mass is 237 g/mol. The summed E-state index contributed by atoms with van der Waals surface area (Å²) in [5.41, 5.74) is 0. The van der Waals surface area contributed by atoms with Crippen LogP contribution >= 0.6 is 11.6 Å². The van der Waals surface area contributed by atoms with Crippen LogP contribution in [-0.2, 0) is 0 Å². The molecular weight excluding hydrogens is 226 g/mol. The molecule has 2 aromatic rings. The van der Waals surface area contributed by atoms with Crippen molar-refractivity contribution in [2.45, 2.75) is 13.0 Å². The molecule has 4 nitrogen and oxygen atoms in total. The third kappa shape index (κ3) is 2.08. The van der Waals surface area contributed by atoms with Crippen LogP contribution < -0.4 is 5.32 Å². The van der Waals surface area contributed by atoms with Gasteiger partial charge in [-0.1, -0.05) is 35.9 Å². The first-order valence-corrected chi connectivity index (χ1v) is 5.38. The zero-order valence-corrected chi connectivity index (χ0v) is 9.57. The predicted octanol–water partition coefficient (Wildman–Crippen LogP) is 2.08. The maximum absolute atomic E-state index is 8.99. The van der Waals surface area contributed by atoms with Crippen LogP contribution in [0.3, 0.4) is 0 Å². The molecule has 2 rings (SSSR count). The Bertz CT molecular complexity index is 504. The van der Waals surface area contributed by atoms with E-state index in [1.807, 2.05) is 31.2 Å². The van der Waals surface area contributed by atoms with Crippen molar-refractivity contribution in [2.75, 3.05) is 11.9 Å². The summed E-state index contributed by atoms with van der Waals surface area (Å²) in [4.78, 5) is 0. The first-order chi connectivity index (χ1) is 7.72. The van der Waals surface area contributed by atoms with Crippen LogP contribution in [0.4, 0.5) is 5.82 Å². The predicted molar refractivity (Wildman–Crippen MR) is 64.7 cm³/mol. The molecule has 0 saturated carbocycles. The van der Waals surface area contributed by atoms with Crippen molar-refractivity contribution in [1.29, 1.82) is 0 Å². The smallest absolute Gasteiger partial charge is 0.159 e. The lowest BCUT2D eigenvalue weighted by atomic mass is 10.2. The van der Waals surface area contributed by atoms with Crippen LogP contribution in [0.15, 0.2) is 24.3 Å². The normalized spacial score (nSPS) is 12.7. The van der Waals surface area contributed by atoms with Gasteiger partial charge in [-0.15, -0.1) is 10.2 Å². The van der Waals surface area contributed by atoms with E-state index in [9.17, 15) is 0 Å². The Balaban J connectivity index is 2.50. The molecule has 5 heteroatoms. The highest BCUT2D eigenvalue weighted by molar-refractivity contribution is 6.34. The number of nitrogens with zero attached hydrogens (tertiary/aromatic N) is 2. The third-order valence-electron chi connectivity index (χ3n) is 2.30. The topological polar surface area (TPSA) is 58.0 Å². The zero-order chi connectivity index (χ0) is 11.5. The van der Waals surface area contributed by atoms with Gasteiger partial charge in [-0.3, -0.25) is 0 Å². The molecule has 0 aliphatic rings. The molecule has 84 valence electrons. The van der Waals surface area contributed by atoms with E-state index >= 15 is 0 Å². The largest absolute Gasteiger partial charge is 0.394 e. The highest BCUT2D eigenvalue weighted by atomic mass is 35.5. The second-order valence-corrected chi connectivity index (χ2v) is 3.97. The van der Waals surface area contributed by atoms with Crippen LogP contribution in [0, 0.1) is 0 Å². The molecule has 1 aromatic carbocycles. The quantitative estimate of drug-likeness (QED) is 0.858. The summed E-state index contributed by atoms with van der Waals surface area (Å²) < 4.78 is 0. The molecule has 1 unspecified atom stereocenters. The van der Waals surface area contributed by atoms with Crippen LogP contribution in [0.25, 0.3) is 10.8 Å².